The van der Waals surface area contributed by atoms with Crippen molar-refractivity contribution in [2.75, 3.05) is 19.6 Å². The number of carbonyl (C=O) groups is 1. The number of aromatic nitrogens is 3. The molecule has 2 fully saturated rings. The van der Waals surface area contributed by atoms with E-state index >= 15 is 0 Å². The predicted octanol–water partition coefficient (Wildman–Crippen LogP) is 2.64. The number of carbonyl (C=O) groups excluding carboxylic acids is 1. The normalized spacial score (nSPS) is 17.5. The van der Waals surface area contributed by atoms with Gasteiger partial charge in [-0.2, -0.15) is 0 Å². The molecular formula is C23H24ClN5O3. The van der Waals surface area contributed by atoms with E-state index in [2.05, 4.69) is 20.2 Å². The first-order chi connectivity index (χ1) is 15.5. The number of H-pyrrole nitrogens is 1. The highest BCUT2D eigenvalue weighted by atomic mass is 35.5. The summed E-state index contributed by atoms with van der Waals surface area (Å²) in [5.74, 6) is -0.311. The third-order valence-electron chi connectivity index (χ3n) is 6.22. The summed E-state index contributed by atoms with van der Waals surface area (Å²) < 4.78 is 1.51. The van der Waals surface area contributed by atoms with Gasteiger partial charge >= 0.3 is 5.69 Å². The van der Waals surface area contributed by atoms with E-state index in [1.165, 1.54) is 16.8 Å². The van der Waals surface area contributed by atoms with Gasteiger partial charge in [0.1, 0.15) is 5.65 Å². The SMILES string of the molecule is O=C(NCC(c1cccc(Cl)c1)N1CCCC1)c1cnc2c(c1)c(=O)[nH]c(=O)n2C1CC1. The topological polar surface area (TPSA) is 100 Å². The molecule has 1 aliphatic carbocycles. The summed E-state index contributed by atoms with van der Waals surface area (Å²) in [5.41, 5.74) is 0.686. The number of nitrogens with one attached hydrogen (secondary N) is 2. The van der Waals surface area contributed by atoms with Crippen molar-refractivity contribution in [2.45, 2.75) is 37.8 Å². The van der Waals surface area contributed by atoms with Gasteiger partial charge in [-0.25, -0.2) is 9.78 Å². The molecule has 3 heterocycles. The van der Waals surface area contributed by atoms with E-state index < -0.39 is 11.2 Å². The second-order valence-electron chi connectivity index (χ2n) is 8.48. The average molecular weight is 454 g/mol. The van der Waals surface area contributed by atoms with E-state index in [-0.39, 0.29) is 28.9 Å². The summed E-state index contributed by atoms with van der Waals surface area (Å²) in [7, 11) is 0. The van der Waals surface area contributed by atoms with Gasteiger partial charge in [-0.1, -0.05) is 23.7 Å². The highest BCUT2D eigenvalue weighted by Gasteiger charge is 2.28. The first-order valence-electron chi connectivity index (χ1n) is 10.9. The van der Waals surface area contributed by atoms with Crippen LogP contribution in [0.25, 0.3) is 11.0 Å². The fourth-order valence-electron chi connectivity index (χ4n) is 4.45. The maximum absolute atomic E-state index is 12.9. The molecule has 1 amide bonds. The van der Waals surface area contributed by atoms with Crippen LogP contribution in [0.15, 0.2) is 46.1 Å². The van der Waals surface area contributed by atoms with Crippen molar-refractivity contribution in [2.24, 2.45) is 0 Å². The Bertz CT molecular complexity index is 1290. The summed E-state index contributed by atoms with van der Waals surface area (Å²) in [5, 5.41) is 3.90. The summed E-state index contributed by atoms with van der Waals surface area (Å²) in [6, 6.07) is 9.30. The Labute approximate surface area is 189 Å². The number of benzene rings is 1. The third-order valence-corrected chi connectivity index (χ3v) is 6.46. The molecule has 1 aliphatic heterocycles. The van der Waals surface area contributed by atoms with Crippen molar-refractivity contribution in [3.05, 3.63) is 73.5 Å². The smallest absolute Gasteiger partial charge is 0.330 e. The lowest BCUT2D eigenvalue weighted by molar-refractivity contribution is 0.0937. The predicted molar refractivity (Wildman–Crippen MR) is 122 cm³/mol. The number of nitrogens with zero attached hydrogens (tertiary/aromatic N) is 3. The van der Waals surface area contributed by atoms with Gasteiger partial charge in [-0.3, -0.25) is 24.0 Å². The molecule has 1 aromatic carbocycles. The Hall–Kier alpha value is -2.97. The minimum absolute atomic E-state index is 0.0111. The van der Waals surface area contributed by atoms with Gasteiger partial charge in [0.15, 0.2) is 0 Å². The molecule has 32 heavy (non-hydrogen) atoms. The van der Waals surface area contributed by atoms with Crippen LogP contribution in [0.5, 0.6) is 0 Å². The van der Waals surface area contributed by atoms with Crippen LogP contribution in [-0.4, -0.2) is 45.0 Å². The molecule has 2 N–H and O–H groups in total. The van der Waals surface area contributed by atoms with Crippen molar-refractivity contribution in [1.29, 1.82) is 0 Å². The van der Waals surface area contributed by atoms with Gasteiger partial charge in [-0.15, -0.1) is 0 Å². The highest BCUT2D eigenvalue weighted by molar-refractivity contribution is 6.30. The van der Waals surface area contributed by atoms with Crippen LogP contribution >= 0.6 is 11.6 Å². The van der Waals surface area contributed by atoms with E-state index in [9.17, 15) is 14.4 Å². The largest absolute Gasteiger partial charge is 0.350 e. The minimum atomic E-state index is -0.530. The molecule has 0 radical (unpaired) electrons. The molecule has 3 aromatic rings. The van der Waals surface area contributed by atoms with E-state index in [1.807, 2.05) is 24.3 Å². The average Bonchev–Trinajstić information content (AvgIpc) is 3.46. The molecule has 8 nitrogen and oxygen atoms in total. The molecule has 0 bridgehead atoms. The molecular weight excluding hydrogens is 430 g/mol. The van der Waals surface area contributed by atoms with Gasteiger partial charge in [0.05, 0.1) is 17.0 Å². The molecule has 5 rings (SSSR count). The Morgan fingerprint density at radius 1 is 1.22 bits per heavy atom. The molecule has 1 saturated carbocycles. The number of amides is 1. The maximum Gasteiger partial charge on any atom is 0.330 e. The standard InChI is InChI=1S/C23H24ClN5O3/c24-16-5-3-4-14(10-16)19(28-8-1-2-9-28)13-26-21(30)15-11-18-20(25-12-15)29(17-6-7-17)23(32)27-22(18)31/h3-5,10-12,17,19H,1-2,6-9,13H2,(H,26,30)(H,27,31,32). The van der Waals surface area contributed by atoms with Gasteiger partial charge < -0.3 is 5.32 Å². The minimum Gasteiger partial charge on any atom is -0.350 e. The lowest BCUT2D eigenvalue weighted by Crippen LogP contribution is -2.37. The van der Waals surface area contributed by atoms with Crippen LogP contribution in [0.2, 0.25) is 5.02 Å². The Morgan fingerprint density at radius 2 is 2.00 bits per heavy atom. The monoisotopic (exact) mass is 453 g/mol. The number of hydrogen-bond acceptors (Lipinski definition) is 5. The van der Waals surface area contributed by atoms with E-state index in [0.29, 0.717) is 17.2 Å². The Morgan fingerprint density at radius 3 is 2.72 bits per heavy atom. The fourth-order valence-corrected chi connectivity index (χ4v) is 4.65. The number of aromatic amines is 1. The second-order valence-corrected chi connectivity index (χ2v) is 8.92. The summed E-state index contributed by atoms with van der Waals surface area (Å²) >= 11 is 6.20. The fraction of sp³-hybridized carbons (Fsp3) is 0.391. The number of likely N-dealkylation sites (tertiary alicyclic amines) is 1. The molecule has 1 saturated heterocycles. The van der Waals surface area contributed by atoms with Crippen molar-refractivity contribution < 1.29 is 4.79 Å². The number of rotatable bonds is 6. The third kappa shape index (κ3) is 4.08. The quantitative estimate of drug-likeness (QED) is 0.597. The second kappa shape index (κ2) is 8.52. The van der Waals surface area contributed by atoms with Crippen molar-refractivity contribution >= 4 is 28.5 Å². The first-order valence-corrected chi connectivity index (χ1v) is 11.3. The van der Waals surface area contributed by atoms with Crippen LogP contribution in [0.1, 0.15) is 53.7 Å². The van der Waals surface area contributed by atoms with Crippen molar-refractivity contribution in [1.82, 2.24) is 24.8 Å². The molecule has 1 unspecified atom stereocenters. The molecule has 9 heteroatoms. The summed E-state index contributed by atoms with van der Waals surface area (Å²) in [6.07, 6.45) is 5.45. The number of fused-ring (bicyclic) bond motifs is 1. The molecule has 0 spiro atoms. The van der Waals surface area contributed by atoms with Gasteiger partial charge in [0.2, 0.25) is 0 Å². The van der Waals surface area contributed by atoms with E-state index in [1.54, 1.807) is 0 Å². The zero-order valence-electron chi connectivity index (χ0n) is 17.5. The van der Waals surface area contributed by atoms with Crippen LogP contribution in [0.3, 0.4) is 0 Å². The van der Waals surface area contributed by atoms with Crippen LogP contribution in [0, 0.1) is 0 Å². The number of halogens is 1. The van der Waals surface area contributed by atoms with Crippen molar-refractivity contribution in [3.63, 3.8) is 0 Å². The summed E-state index contributed by atoms with van der Waals surface area (Å²) in [4.78, 5) is 46.5. The molecule has 2 aromatic heterocycles. The van der Waals surface area contributed by atoms with E-state index in [4.69, 9.17) is 11.6 Å². The van der Waals surface area contributed by atoms with Crippen molar-refractivity contribution in [3.8, 4) is 0 Å². The Kier molecular flexibility index (Phi) is 5.57. The first kappa shape index (κ1) is 20.9. The van der Waals surface area contributed by atoms with Gasteiger partial charge in [-0.05, 0) is 62.5 Å². The number of pyridine rings is 1. The molecule has 2 aliphatic rings. The van der Waals surface area contributed by atoms with Crippen LogP contribution in [0.4, 0.5) is 0 Å². The lowest BCUT2D eigenvalue weighted by Gasteiger charge is -2.28. The zero-order chi connectivity index (χ0) is 22.2. The summed E-state index contributed by atoms with van der Waals surface area (Å²) in [6.45, 7) is 2.35. The Balaban J connectivity index is 1.40. The van der Waals surface area contributed by atoms with Gasteiger partial charge in [0, 0.05) is 23.8 Å². The highest BCUT2D eigenvalue weighted by Crippen LogP contribution is 2.34. The van der Waals surface area contributed by atoms with Crippen LogP contribution < -0.4 is 16.6 Å². The number of hydrogen-bond donors (Lipinski definition) is 2. The lowest BCUT2D eigenvalue weighted by atomic mass is 10.1. The maximum atomic E-state index is 12.9. The van der Waals surface area contributed by atoms with Gasteiger partial charge in [0.25, 0.3) is 11.5 Å². The zero-order valence-corrected chi connectivity index (χ0v) is 18.3. The van der Waals surface area contributed by atoms with E-state index in [0.717, 1.165) is 44.3 Å². The molecule has 166 valence electrons. The molecule has 1 atom stereocenters. The van der Waals surface area contributed by atoms with Crippen LogP contribution in [-0.2, 0) is 0 Å².